The van der Waals surface area contributed by atoms with Crippen molar-refractivity contribution >= 4 is 5.91 Å². The zero-order chi connectivity index (χ0) is 11.8. The van der Waals surface area contributed by atoms with Crippen LogP contribution in [0.4, 0.5) is 0 Å². The van der Waals surface area contributed by atoms with Gasteiger partial charge in [-0.15, -0.1) is 0 Å². The number of rotatable bonds is 1. The molecule has 0 bridgehead atoms. The van der Waals surface area contributed by atoms with Gasteiger partial charge in [-0.2, -0.15) is 0 Å². The number of likely N-dealkylation sites (tertiary alicyclic amines) is 1. The number of amides is 1. The Bertz CT molecular complexity index is 417. The van der Waals surface area contributed by atoms with Crippen LogP contribution in [0.25, 0.3) is 0 Å². The van der Waals surface area contributed by atoms with Gasteiger partial charge in [-0.25, -0.2) is 0 Å². The van der Waals surface area contributed by atoms with Crippen LogP contribution in [0.2, 0.25) is 0 Å². The maximum atomic E-state index is 12.0. The second-order valence-corrected chi connectivity index (χ2v) is 4.37. The lowest BCUT2D eigenvalue weighted by atomic mass is 10.1. The third kappa shape index (κ3) is 1.99. The molecule has 1 aromatic rings. The van der Waals surface area contributed by atoms with E-state index in [2.05, 4.69) is 4.98 Å². The van der Waals surface area contributed by atoms with E-state index in [9.17, 15) is 15.0 Å². The smallest absolute Gasteiger partial charge is 0.257 e. The summed E-state index contributed by atoms with van der Waals surface area (Å²) in [6.07, 6.45) is 3.26. The van der Waals surface area contributed by atoms with E-state index >= 15 is 0 Å². The number of aromatic nitrogens is 1. The molecule has 5 nitrogen and oxygen atoms in total. The number of hydrogen-bond donors (Lipinski definition) is 2. The lowest BCUT2D eigenvalue weighted by Gasteiger charge is -2.19. The van der Waals surface area contributed by atoms with E-state index < -0.39 is 5.60 Å². The third-order valence-electron chi connectivity index (χ3n) is 2.77. The number of aliphatic hydroxyl groups is 1. The first kappa shape index (κ1) is 10.9. The standard InChI is InChI=1S/C11H14N2O3/c1-11(16)3-5-13(7-11)10(15)8-2-4-12-6-9(8)14/h2,4,6,14,16H,3,5,7H2,1H3. The molecule has 2 heterocycles. The summed E-state index contributed by atoms with van der Waals surface area (Å²) >= 11 is 0. The van der Waals surface area contributed by atoms with E-state index in [4.69, 9.17) is 0 Å². The SMILES string of the molecule is CC1(O)CCN(C(=O)c2ccncc2O)C1. The van der Waals surface area contributed by atoms with Crippen LogP contribution in [0.3, 0.4) is 0 Å². The fraction of sp³-hybridized carbons (Fsp3) is 0.455. The lowest BCUT2D eigenvalue weighted by molar-refractivity contribution is 0.0570. The van der Waals surface area contributed by atoms with Crippen molar-refractivity contribution in [2.24, 2.45) is 0 Å². The highest BCUT2D eigenvalue weighted by Gasteiger charge is 2.34. The molecule has 0 radical (unpaired) electrons. The fourth-order valence-corrected chi connectivity index (χ4v) is 1.86. The average Bonchev–Trinajstić information content (AvgIpc) is 2.59. The Balaban J connectivity index is 2.18. The van der Waals surface area contributed by atoms with E-state index in [1.54, 1.807) is 6.92 Å². The Morgan fingerprint density at radius 3 is 2.94 bits per heavy atom. The Kier molecular flexibility index (Phi) is 2.55. The molecule has 0 aromatic carbocycles. The van der Waals surface area contributed by atoms with E-state index in [0.29, 0.717) is 19.5 Å². The minimum atomic E-state index is -0.821. The summed E-state index contributed by atoms with van der Waals surface area (Å²) in [5, 5.41) is 19.3. The average molecular weight is 222 g/mol. The van der Waals surface area contributed by atoms with Gasteiger partial charge in [-0.1, -0.05) is 0 Å². The highest BCUT2D eigenvalue weighted by Crippen LogP contribution is 2.24. The molecule has 1 aliphatic heterocycles. The van der Waals surface area contributed by atoms with Crippen molar-refractivity contribution in [3.63, 3.8) is 0 Å². The quantitative estimate of drug-likeness (QED) is 0.720. The Labute approximate surface area is 93.3 Å². The zero-order valence-corrected chi connectivity index (χ0v) is 9.05. The van der Waals surface area contributed by atoms with E-state index in [1.807, 2.05) is 0 Å². The van der Waals surface area contributed by atoms with Gasteiger partial charge in [0.25, 0.3) is 5.91 Å². The first-order chi connectivity index (χ1) is 7.49. The molecule has 1 fully saturated rings. The van der Waals surface area contributed by atoms with Gasteiger partial charge in [0.05, 0.1) is 17.4 Å². The van der Waals surface area contributed by atoms with Crippen LogP contribution < -0.4 is 0 Å². The number of hydrogen-bond acceptors (Lipinski definition) is 4. The van der Waals surface area contributed by atoms with Crippen molar-refractivity contribution in [3.8, 4) is 5.75 Å². The zero-order valence-electron chi connectivity index (χ0n) is 9.05. The van der Waals surface area contributed by atoms with Crippen LogP contribution >= 0.6 is 0 Å². The Morgan fingerprint density at radius 2 is 2.38 bits per heavy atom. The summed E-state index contributed by atoms with van der Waals surface area (Å²) in [4.78, 5) is 17.2. The summed E-state index contributed by atoms with van der Waals surface area (Å²) in [5.41, 5.74) is -0.592. The lowest BCUT2D eigenvalue weighted by Crippen LogP contribution is -2.33. The monoisotopic (exact) mass is 222 g/mol. The van der Waals surface area contributed by atoms with Crippen molar-refractivity contribution < 1.29 is 15.0 Å². The van der Waals surface area contributed by atoms with Crippen LogP contribution in [0, 0.1) is 0 Å². The van der Waals surface area contributed by atoms with Crippen molar-refractivity contribution in [1.82, 2.24) is 9.88 Å². The van der Waals surface area contributed by atoms with Crippen molar-refractivity contribution in [1.29, 1.82) is 0 Å². The van der Waals surface area contributed by atoms with Gasteiger partial charge in [0.15, 0.2) is 0 Å². The first-order valence-corrected chi connectivity index (χ1v) is 5.14. The van der Waals surface area contributed by atoms with Gasteiger partial charge in [0, 0.05) is 19.3 Å². The molecule has 5 heteroatoms. The van der Waals surface area contributed by atoms with Crippen LogP contribution in [-0.4, -0.2) is 44.7 Å². The second kappa shape index (κ2) is 3.75. The molecular formula is C11H14N2O3. The topological polar surface area (TPSA) is 73.7 Å². The predicted octanol–water partition coefficient (Wildman–Crippen LogP) is 0.384. The number of β-amino-alcohol motifs (C(OH)–C–C–N with tert-alkyl or cyclic N) is 1. The Morgan fingerprint density at radius 1 is 1.62 bits per heavy atom. The number of aromatic hydroxyl groups is 1. The molecule has 86 valence electrons. The molecule has 0 aliphatic carbocycles. The molecule has 0 spiro atoms. The predicted molar refractivity (Wildman–Crippen MR) is 57.0 cm³/mol. The van der Waals surface area contributed by atoms with Crippen LogP contribution in [0.5, 0.6) is 5.75 Å². The van der Waals surface area contributed by atoms with Crippen LogP contribution in [0.1, 0.15) is 23.7 Å². The van der Waals surface area contributed by atoms with Gasteiger partial charge >= 0.3 is 0 Å². The summed E-state index contributed by atoms with van der Waals surface area (Å²) < 4.78 is 0. The minimum absolute atomic E-state index is 0.126. The minimum Gasteiger partial charge on any atom is -0.505 e. The van der Waals surface area contributed by atoms with Crippen molar-refractivity contribution in [3.05, 3.63) is 24.0 Å². The summed E-state index contributed by atoms with van der Waals surface area (Å²) in [7, 11) is 0. The van der Waals surface area contributed by atoms with Gasteiger partial charge in [-0.3, -0.25) is 9.78 Å². The van der Waals surface area contributed by atoms with Gasteiger partial charge < -0.3 is 15.1 Å². The number of carbonyl (C=O) groups excluding carboxylic acids is 1. The number of nitrogens with zero attached hydrogens (tertiary/aromatic N) is 2. The molecular weight excluding hydrogens is 208 g/mol. The van der Waals surface area contributed by atoms with E-state index in [0.717, 1.165) is 0 Å². The van der Waals surface area contributed by atoms with Gasteiger partial charge in [0.2, 0.25) is 0 Å². The number of carbonyl (C=O) groups is 1. The molecule has 1 atom stereocenters. The van der Waals surface area contributed by atoms with Gasteiger partial charge in [0.1, 0.15) is 5.75 Å². The molecule has 1 saturated heterocycles. The summed E-state index contributed by atoms with van der Waals surface area (Å²) in [6, 6.07) is 1.48. The molecule has 2 rings (SSSR count). The highest BCUT2D eigenvalue weighted by molar-refractivity contribution is 5.96. The highest BCUT2D eigenvalue weighted by atomic mass is 16.3. The second-order valence-electron chi connectivity index (χ2n) is 4.37. The fourth-order valence-electron chi connectivity index (χ4n) is 1.86. The van der Waals surface area contributed by atoms with Crippen LogP contribution in [-0.2, 0) is 0 Å². The molecule has 1 aliphatic rings. The van der Waals surface area contributed by atoms with Crippen LogP contribution in [0.15, 0.2) is 18.5 Å². The molecule has 16 heavy (non-hydrogen) atoms. The maximum Gasteiger partial charge on any atom is 0.257 e. The molecule has 1 aromatic heterocycles. The number of pyridine rings is 1. The third-order valence-corrected chi connectivity index (χ3v) is 2.77. The normalized spacial score (nSPS) is 24.8. The van der Waals surface area contributed by atoms with Crippen molar-refractivity contribution in [2.45, 2.75) is 18.9 Å². The summed E-state index contributed by atoms with van der Waals surface area (Å²) in [5.74, 6) is -0.392. The molecule has 0 saturated carbocycles. The molecule has 2 N–H and O–H groups in total. The first-order valence-electron chi connectivity index (χ1n) is 5.14. The van der Waals surface area contributed by atoms with Crippen molar-refractivity contribution in [2.75, 3.05) is 13.1 Å². The Hall–Kier alpha value is -1.62. The van der Waals surface area contributed by atoms with E-state index in [-0.39, 0.29) is 17.2 Å². The summed E-state index contributed by atoms with van der Waals surface area (Å²) in [6.45, 7) is 2.51. The maximum absolute atomic E-state index is 12.0. The molecule has 1 unspecified atom stereocenters. The molecule has 1 amide bonds. The van der Waals surface area contributed by atoms with E-state index in [1.165, 1.54) is 23.4 Å². The van der Waals surface area contributed by atoms with Gasteiger partial charge in [-0.05, 0) is 19.4 Å². The largest absolute Gasteiger partial charge is 0.505 e.